The lowest BCUT2D eigenvalue weighted by Crippen LogP contribution is -2.54. The number of halogens is 2. The maximum Gasteiger partial charge on any atom is 0.125 e. The molecular weight excluding hydrogens is 331 g/mol. The van der Waals surface area contributed by atoms with E-state index in [1.807, 2.05) is 18.2 Å². The number of alkyl halides is 1. The predicted molar refractivity (Wildman–Crippen MR) is 87.6 cm³/mol. The second-order valence-electron chi connectivity index (χ2n) is 6.32. The van der Waals surface area contributed by atoms with E-state index >= 15 is 0 Å². The van der Waals surface area contributed by atoms with Crippen molar-refractivity contribution < 1.29 is 9.11 Å². The van der Waals surface area contributed by atoms with Gasteiger partial charge in [0.1, 0.15) is 5.82 Å². The van der Waals surface area contributed by atoms with Crippen LogP contribution in [0, 0.1) is 5.41 Å². The van der Waals surface area contributed by atoms with Crippen molar-refractivity contribution in [2.24, 2.45) is 5.41 Å². The Morgan fingerprint density at radius 3 is 2.67 bits per heavy atom. The molecule has 21 heavy (non-hydrogen) atoms. The molecule has 1 aromatic heterocycles. The van der Waals surface area contributed by atoms with Crippen LogP contribution in [0.5, 0.6) is 0 Å². The third kappa shape index (κ3) is 2.18. The molecule has 4 rings (SSSR count). The fraction of sp³-hybridized carbons (Fsp3) is 0.500. The van der Waals surface area contributed by atoms with E-state index in [2.05, 4.69) is 9.55 Å². The largest absolute Gasteiger partial charge is 0.324 e. The molecule has 2 heterocycles. The van der Waals surface area contributed by atoms with Crippen molar-refractivity contribution in [2.45, 2.75) is 24.8 Å². The third-order valence-corrected chi connectivity index (χ3v) is 7.24. The van der Waals surface area contributed by atoms with Crippen molar-refractivity contribution in [2.75, 3.05) is 11.5 Å². The van der Waals surface area contributed by atoms with E-state index in [9.17, 15) is 9.11 Å². The van der Waals surface area contributed by atoms with E-state index < -0.39 is 10.6 Å². The van der Waals surface area contributed by atoms with Crippen molar-refractivity contribution in [3.05, 3.63) is 29.0 Å². The van der Waals surface area contributed by atoms with Crippen LogP contribution in [-0.4, -0.2) is 30.2 Å². The van der Waals surface area contributed by atoms with Crippen LogP contribution in [0.15, 0.2) is 18.2 Å². The van der Waals surface area contributed by atoms with Crippen LogP contribution < -0.4 is 0 Å². The van der Waals surface area contributed by atoms with Crippen LogP contribution >= 0.6 is 33.8 Å². The van der Waals surface area contributed by atoms with Gasteiger partial charge < -0.3 is 4.57 Å². The highest BCUT2D eigenvalue weighted by atomic mass is 35.5. The molecule has 114 valence electrons. The Bertz CT molecular complexity index is 715. The first-order chi connectivity index (χ1) is 9.91. The summed E-state index contributed by atoms with van der Waals surface area (Å²) in [7, 11) is -2.27. The van der Waals surface area contributed by atoms with Gasteiger partial charge in [-0.2, -0.15) is 10.6 Å². The number of fused-ring (bicyclic) bond motifs is 1. The van der Waals surface area contributed by atoms with E-state index in [0.29, 0.717) is 28.5 Å². The molecule has 1 saturated heterocycles. The first-order valence-electron chi connectivity index (χ1n) is 6.87. The molecule has 0 unspecified atom stereocenters. The van der Waals surface area contributed by atoms with Crippen LogP contribution in [0.2, 0.25) is 5.02 Å². The van der Waals surface area contributed by atoms with E-state index in [4.69, 9.17) is 23.2 Å². The van der Waals surface area contributed by atoms with Gasteiger partial charge in [-0.25, -0.2) is 4.98 Å². The Labute approximate surface area is 134 Å². The topological polar surface area (TPSA) is 58.3 Å². The highest BCUT2D eigenvalue weighted by Crippen LogP contribution is 2.69. The maximum absolute atomic E-state index is 9.62. The summed E-state index contributed by atoms with van der Waals surface area (Å²) in [6, 6.07) is 6.06. The quantitative estimate of drug-likeness (QED) is 0.786. The fourth-order valence-electron chi connectivity index (χ4n) is 3.92. The molecule has 0 atom stereocenters. The second-order valence-corrected chi connectivity index (χ2v) is 9.20. The summed E-state index contributed by atoms with van der Waals surface area (Å²) < 4.78 is 21.4. The number of rotatable bonds is 2. The van der Waals surface area contributed by atoms with Crippen LogP contribution in [0.1, 0.15) is 24.7 Å². The number of hydrogen-bond donors (Lipinski definition) is 2. The molecule has 1 saturated carbocycles. The molecule has 1 aliphatic heterocycles. The fourth-order valence-corrected chi connectivity index (χ4v) is 6.62. The van der Waals surface area contributed by atoms with Gasteiger partial charge in [0.2, 0.25) is 0 Å². The number of nitrogens with zero attached hydrogens (tertiary/aromatic N) is 2. The molecular formula is C14H16Cl2N2O2S. The summed E-state index contributed by atoms with van der Waals surface area (Å²) in [5.74, 6) is 2.35. The number of hydrogen-bond acceptors (Lipinski definition) is 3. The van der Waals surface area contributed by atoms with E-state index in [1.165, 1.54) is 0 Å². The van der Waals surface area contributed by atoms with Crippen LogP contribution in [0.3, 0.4) is 0 Å². The molecule has 2 aliphatic rings. The molecule has 1 aromatic carbocycles. The van der Waals surface area contributed by atoms with E-state index in [1.54, 1.807) is 0 Å². The second kappa shape index (κ2) is 4.52. The molecule has 2 aromatic rings. The van der Waals surface area contributed by atoms with Gasteiger partial charge in [0.25, 0.3) is 0 Å². The zero-order valence-corrected chi connectivity index (χ0v) is 13.6. The molecule has 2 N–H and O–H groups in total. The van der Waals surface area contributed by atoms with Gasteiger partial charge in [-0.05, 0) is 31.0 Å². The summed E-state index contributed by atoms with van der Waals surface area (Å²) in [6.45, 7) is 0. The third-order valence-electron chi connectivity index (χ3n) is 4.62. The standard InChI is InChI=1S/C14H16Cl2N2O2S/c15-6-13-17-11-3-9(16)1-2-12(11)18(13)10-4-14(5-10)7-21(19,20)8-14/h1-3,10,19-20H,4-8H2. The van der Waals surface area contributed by atoms with Crippen molar-refractivity contribution in [1.82, 2.24) is 9.55 Å². The smallest absolute Gasteiger partial charge is 0.125 e. The zero-order valence-electron chi connectivity index (χ0n) is 11.3. The van der Waals surface area contributed by atoms with Crippen LogP contribution in [-0.2, 0) is 5.88 Å². The van der Waals surface area contributed by atoms with Gasteiger partial charge in [0, 0.05) is 28.0 Å². The summed E-state index contributed by atoms with van der Waals surface area (Å²) in [5, 5.41) is 0.672. The number of imidazole rings is 1. The average Bonchev–Trinajstić information content (AvgIpc) is 2.69. The van der Waals surface area contributed by atoms with E-state index in [0.717, 1.165) is 29.7 Å². The zero-order chi connectivity index (χ0) is 14.8. The molecule has 0 bridgehead atoms. The summed E-state index contributed by atoms with van der Waals surface area (Å²) >= 11 is 12.1. The highest BCUT2D eigenvalue weighted by molar-refractivity contribution is 8.25. The van der Waals surface area contributed by atoms with Crippen molar-refractivity contribution in [3.8, 4) is 0 Å². The molecule has 2 fully saturated rings. The Kier molecular flexibility index (Phi) is 3.05. The van der Waals surface area contributed by atoms with Crippen LogP contribution in [0.4, 0.5) is 0 Å². The van der Waals surface area contributed by atoms with Crippen molar-refractivity contribution in [1.29, 1.82) is 0 Å². The van der Waals surface area contributed by atoms with Gasteiger partial charge in [-0.15, -0.1) is 11.6 Å². The lowest BCUT2D eigenvalue weighted by molar-refractivity contribution is 0.0869. The molecule has 1 spiro atoms. The summed E-state index contributed by atoms with van der Waals surface area (Å²) in [4.78, 5) is 4.57. The Morgan fingerprint density at radius 2 is 2.05 bits per heavy atom. The number of benzene rings is 1. The highest BCUT2D eigenvalue weighted by Gasteiger charge is 2.56. The molecule has 7 heteroatoms. The molecule has 1 aliphatic carbocycles. The first-order valence-corrected chi connectivity index (χ1v) is 9.67. The first kappa shape index (κ1) is 14.2. The summed E-state index contributed by atoms with van der Waals surface area (Å²) in [5.41, 5.74) is 2.06. The van der Waals surface area contributed by atoms with Gasteiger partial charge in [-0.1, -0.05) is 11.6 Å². The van der Waals surface area contributed by atoms with Crippen molar-refractivity contribution in [3.63, 3.8) is 0 Å². The number of aromatic nitrogens is 2. The molecule has 0 radical (unpaired) electrons. The Balaban J connectivity index is 1.65. The minimum absolute atomic E-state index is 0.135. The van der Waals surface area contributed by atoms with Crippen LogP contribution in [0.25, 0.3) is 11.0 Å². The normalized spacial score (nSPS) is 24.8. The lowest BCUT2D eigenvalue weighted by Gasteiger charge is -2.63. The lowest BCUT2D eigenvalue weighted by atomic mass is 9.67. The van der Waals surface area contributed by atoms with Gasteiger partial charge in [0.05, 0.1) is 16.9 Å². The Morgan fingerprint density at radius 1 is 1.33 bits per heavy atom. The predicted octanol–water partition coefficient (Wildman–Crippen LogP) is 4.51. The SMILES string of the molecule is OS1(O)CC2(CC(n3c(CCl)nc4cc(Cl)ccc43)C2)C1. The Hall–Kier alpha value is -0.460. The monoisotopic (exact) mass is 346 g/mol. The van der Waals surface area contributed by atoms with Gasteiger partial charge >= 0.3 is 0 Å². The minimum Gasteiger partial charge on any atom is -0.324 e. The maximum atomic E-state index is 9.62. The molecule has 0 amide bonds. The van der Waals surface area contributed by atoms with Gasteiger partial charge in [0.15, 0.2) is 0 Å². The molecule has 4 nitrogen and oxygen atoms in total. The average molecular weight is 347 g/mol. The van der Waals surface area contributed by atoms with Crippen molar-refractivity contribution >= 4 is 44.8 Å². The summed E-state index contributed by atoms with van der Waals surface area (Å²) in [6.07, 6.45) is 1.95. The van der Waals surface area contributed by atoms with Gasteiger partial charge in [-0.3, -0.25) is 9.11 Å². The van der Waals surface area contributed by atoms with E-state index in [-0.39, 0.29) is 5.41 Å². The minimum atomic E-state index is -2.27.